The summed E-state index contributed by atoms with van der Waals surface area (Å²) in [5, 5.41) is 5.55. The molecule has 0 aromatic carbocycles. The van der Waals surface area contributed by atoms with Crippen molar-refractivity contribution in [1.29, 1.82) is 0 Å². The topological polar surface area (TPSA) is 47.6 Å². The van der Waals surface area contributed by atoms with Crippen LogP contribution >= 0.6 is 0 Å². The molecule has 92 valence electrons. The van der Waals surface area contributed by atoms with Gasteiger partial charge in [0.2, 0.25) is 0 Å². The van der Waals surface area contributed by atoms with Gasteiger partial charge in [-0.25, -0.2) is 4.79 Å². The Bertz CT molecular complexity index is 244. The molecule has 0 bridgehead atoms. The molecule has 5 heteroatoms. The molecular weight excluding hydrogens is 204 g/mol. The van der Waals surface area contributed by atoms with Gasteiger partial charge in [-0.15, -0.1) is 0 Å². The van der Waals surface area contributed by atoms with Crippen LogP contribution in [0.2, 0.25) is 0 Å². The molecule has 0 radical (unpaired) electrons. The van der Waals surface area contributed by atoms with Gasteiger partial charge in [0, 0.05) is 45.3 Å². The third-order valence-corrected chi connectivity index (χ3v) is 3.73. The Morgan fingerprint density at radius 3 is 2.38 bits per heavy atom. The molecule has 0 spiro atoms. The quantitative estimate of drug-likeness (QED) is 0.679. The Hall–Kier alpha value is -0.810. The summed E-state index contributed by atoms with van der Waals surface area (Å²) in [7, 11) is 3.83. The van der Waals surface area contributed by atoms with Crippen molar-refractivity contribution < 1.29 is 4.79 Å². The fraction of sp³-hybridized carbons (Fsp3) is 0.909. The maximum atomic E-state index is 11.1. The number of hydrogen-bond acceptors (Lipinski definition) is 3. The van der Waals surface area contributed by atoms with Crippen molar-refractivity contribution in [1.82, 2.24) is 20.4 Å². The van der Waals surface area contributed by atoms with E-state index in [9.17, 15) is 4.79 Å². The molecule has 16 heavy (non-hydrogen) atoms. The number of carbonyl (C=O) groups is 1. The van der Waals surface area contributed by atoms with Crippen LogP contribution < -0.4 is 10.6 Å². The summed E-state index contributed by atoms with van der Waals surface area (Å²) in [4.78, 5) is 16.0. The van der Waals surface area contributed by atoms with Crippen molar-refractivity contribution in [2.24, 2.45) is 0 Å². The molecular formula is C11H22N4O. The molecule has 5 nitrogen and oxygen atoms in total. The molecule has 1 saturated heterocycles. The van der Waals surface area contributed by atoms with Crippen LogP contribution in [0.4, 0.5) is 4.79 Å². The largest absolute Gasteiger partial charge is 0.341 e. The number of nitrogens with one attached hydrogen (secondary N) is 2. The molecule has 1 heterocycles. The second-order valence-corrected chi connectivity index (χ2v) is 4.88. The van der Waals surface area contributed by atoms with E-state index < -0.39 is 0 Å². The van der Waals surface area contributed by atoms with E-state index in [1.54, 1.807) is 7.05 Å². The second kappa shape index (κ2) is 5.01. The van der Waals surface area contributed by atoms with Crippen LogP contribution in [-0.2, 0) is 0 Å². The van der Waals surface area contributed by atoms with Crippen LogP contribution in [0.3, 0.4) is 0 Å². The minimum Gasteiger partial charge on any atom is -0.341 e. The van der Waals surface area contributed by atoms with Gasteiger partial charge in [0.15, 0.2) is 0 Å². The number of rotatable bonds is 2. The van der Waals surface area contributed by atoms with Crippen molar-refractivity contribution >= 4 is 6.03 Å². The van der Waals surface area contributed by atoms with Gasteiger partial charge in [0.05, 0.1) is 0 Å². The van der Waals surface area contributed by atoms with Gasteiger partial charge in [-0.2, -0.15) is 0 Å². The molecule has 0 unspecified atom stereocenters. The van der Waals surface area contributed by atoms with Crippen molar-refractivity contribution in [3.63, 3.8) is 0 Å². The lowest BCUT2D eigenvalue weighted by molar-refractivity contribution is 0.0556. The smallest absolute Gasteiger partial charge is 0.314 e. The molecule has 0 aromatic rings. The van der Waals surface area contributed by atoms with E-state index in [2.05, 4.69) is 27.5 Å². The first-order valence-electron chi connectivity index (χ1n) is 6.10. The van der Waals surface area contributed by atoms with Crippen LogP contribution in [0.15, 0.2) is 0 Å². The van der Waals surface area contributed by atoms with Crippen LogP contribution in [0.25, 0.3) is 0 Å². The van der Waals surface area contributed by atoms with Crippen LogP contribution in [0.1, 0.15) is 12.8 Å². The zero-order chi connectivity index (χ0) is 11.5. The van der Waals surface area contributed by atoms with Crippen molar-refractivity contribution in [3.05, 3.63) is 0 Å². The summed E-state index contributed by atoms with van der Waals surface area (Å²) in [5.74, 6) is 0. The van der Waals surface area contributed by atoms with Crippen molar-refractivity contribution in [2.75, 3.05) is 40.3 Å². The van der Waals surface area contributed by atoms with Crippen molar-refractivity contribution in [2.45, 2.75) is 24.9 Å². The molecule has 2 amide bonds. The highest BCUT2D eigenvalue weighted by molar-refractivity contribution is 5.73. The fourth-order valence-corrected chi connectivity index (χ4v) is 2.45. The van der Waals surface area contributed by atoms with E-state index in [0.29, 0.717) is 12.1 Å². The Morgan fingerprint density at radius 1 is 1.19 bits per heavy atom. The second-order valence-electron chi connectivity index (χ2n) is 4.88. The summed E-state index contributed by atoms with van der Waals surface area (Å²) >= 11 is 0. The Labute approximate surface area is 97.2 Å². The lowest BCUT2D eigenvalue weighted by Gasteiger charge is -2.46. The third-order valence-electron chi connectivity index (χ3n) is 3.73. The zero-order valence-corrected chi connectivity index (χ0v) is 10.2. The van der Waals surface area contributed by atoms with E-state index in [0.717, 1.165) is 12.8 Å². The third kappa shape index (κ3) is 2.65. The lowest BCUT2D eigenvalue weighted by atomic mass is 9.85. The Morgan fingerprint density at radius 2 is 1.81 bits per heavy atom. The molecule has 0 aromatic heterocycles. The molecule has 2 fully saturated rings. The van der Waals surface area contributed by atoms with Gasteiger partial charge in [0.1, 0.15) is 0 Å². The molecule has 2 aliphatic rings. The van der Waals surface area contributed by atoms with Gasteiger partial charge in [-0.3, -0.25) is 4.90 Å². The maximum Gasteiger partial charge on any atom is 0.314 e. The summed E-state index contributed by atoms with van der Waals surface area (Å²) in [6.45, 7) is 4.69. The fourth-order valence-electron chi connectivity index (χ4n) is 2.45. The number of carbonyl (C=O) groups excluding carboxylic acids is 1. The summed E-state index contributed by atoms with van der Waals surface area (Å²) in [6, 6.07) is 1.02. The predicted molar refractivity (Wildman–Crippen MR) is 63.5 cm³/mol. The number of nitrogens with zero attached hydrogens (tertiary/aromatic N) is 2. The van der Waals surface area contributed by atoms with Crippen LogP contribution in [0, 0.1) is 0 Å². The molecule has 1 aliphatic carbocycles. The van der Waals surface area contributed by atoms with E-state index in [4.69, 9.17) is 0 Å². The average Bonchev–Trinajstić information content (AvgIpc) is 2.24. The standard InChI is InChI=1S/C11H22N4O/c1-12-11(16)13-9-7-10(8-9)15-5-3-14(2)4-6-15/h9-10H,3-8H2,1-2H3,(H2,12,13,16). The Kier molecular flexibility index (Phi) is 3.66. The van der Waals surface area contributed by atoms with Crippen LogP contribution in [0.5, 0.6) is 0 Å². The van der Waals surface area contributed by atoms with E-state index >= 15 is 0 Å². The van der Waals surface area contributed by atoms with Crippen LogP contribution in [-0.4, -0.2) is 68.2 Å². The first-order chi connectivity index (χ1) is 7.69. The van der Waals surface area contributed by atoms with Gasteiger partial charge < -0.3 is 15.5 Å². The average molecular weight is 226 g/mol. The first kappa shape index (κ1) is 11.7. The highest BCUT2D eigenvalue weighted by atomic mass is 16.2. The SMILES string of the molecule is CNC(=O)NC1CC(N2CCN(C)CC2)C1. The minimum absolute atomic E-state index is 0.0539. The highest BCUT2D eigenvalue weighted by Crippen LogP contribution is 2.26. The number of hydrogen-bond donors (Lipinski definition) is 2. The lowest BCUT2D eigenvalue weighted by Crippen LogP contribution is -2.58. The van der Waals surface area contributed by atoms with E-state index in [-0.39, 0.29) is 6.03 Å². The number of amides is 2. The monoisotopic (exact) mass is 226 g/mol. The highest BCUT2D eigenvalue weighted by Gasteiger charge is 2.35. The predicted octanol–water partition coefficient (Wildman–Crippen LogP) is -0.306. The first-order valence-corrected chi connectivity index (χ1v) is 6.10. The van der Waals surface area contributed by atoms with E-state index in [1.807, 2.05) is 0 Å². The maximum absolute atomic E-state index is 11.1. The molecule has 2 N–H and O–H groups in total. The van der Waals surface area contributed by atoms with Gasteiger partial charge >= 0.3 is 6.03 Å². The number of piperazine rings is 1. The van der Waals surface area contributed by atoms with Gasteiger partial charge in [-0.05, 0) is 19.9 Å². The molecule has 0 atom stereocenters. The Balaban J connectivity index is 1.66. The number of likely N-dealkylation sites (N-methyl/N-ethyl adjacent to an activating group) is 1. The van der Waals surface area contributed by atoms with Gasteiger partial charge in [0.25, 0.3) is 0 Å². The van der Waals surface area contributed by atoms with Crippen molar-refractivity contribution in [3.8, 4) is 0 Å². The summed E-state index contributed by atoms with van der Waals surface area (Å²) < 4.78 is 0. The summed E-state index contributed by atoms with van der Waals surface area (Å²) in [6.07, 6.45) is 2.22. The van der Waals surface area contributed by atoms with Gasteiger partial charge in [-0.1, -0.05) is 0 Å². The number of urea groups is 1. The zero-order valence-electron chi connectivity index (χ0n) is 10.2. The molecule has 2 rings (SSSR count). The van der Waals surface area contributed by atoms with E-state index in [1.165, 1.54) is 26.2 Å². The molecule has 1 saturated carbocycles. The normalized spacial score (nSPS) is 31.9. The minimum atomic E-state index is -0.0539. The molecule has 1 aliphatic heterocycles. The summed E-state index contributed by atoms with van der Waals surface area (Å²) in [5.41, 5.74) is 0.